The van der Waals surface area contributed by atoms with Crippen LogP contribution in [0.1, 0.15) is 22.3 Å². The molecule has 1 aromatic carbocycles. The van der Waals surface area contributed by atoms with Gasteiger partial charge in [-0.25, -0.2) is 0 Å². The minimum Gasteiger partial charge on any atom is -0.289 e. The van der Waals surface area contributed by atoms with Crippen LogP contribution < -0.4 is 0 Å². The van der Waals surface area contributed by atoms with E-state index in [-0.39, 0.29) is 5.78 Å². The van der Waals surface area contributed by atoms with E-state index in [4.69, 9.17) is 0 Å². The molecule has 1 aromatic rings. The van der Waals surface area contributed by atoms with Crippen molar-refractivity contribution in [1.29, 1.82) is 0 Å². The summed E-state index contributed by atoms with van der Waals surface area (Å²) in [5.74, 6) is 0.209. The zero-order valence-electron chi connectivity index (χ0n) is 8.12. The number of aryl methyl sites for hydroxylation is 1. The smallest absolute Gasteiger partial charge is 0.189 e. The number of hydrogen-bond acceptors (Lipinski definition) is 2. The lowest BCUT2D eigenvalue weighted by atomic mass is 9.88. The molecule has 2 heteroatoms. The number of thioether (sulfide) groups is 1. The first-order valence-electron chi connectivity index (χ1n) is 4.67. The van der Waals surface area contributed by atoms with Crippen LogP contribution >= 0.6 is 11.8 Å². The Morgan fingerprint density at radius 3 is 2.86 bits per heavy atom. The number of Topliss-reactive ketones (excluding diaryl/α,β-unsaturated/α-hetero) is 1. The van der Waals surface area contributed by atoms with Gasteiger partial charge in [-0.1, -0.05) is 24.3 Å². The van der Waals surface area contributed by atoms with E-state index in [0.29, 0.717) is 0 Å². The van der Waals surface area contributed by atoms with E-state index in [1.54, 1.807) is 11.8 Å². The molecule has 0 bridgehead atoms. The highest BCUT2D eigenvalue weighted by molar-refractivity contribution is 8.01. The Bertz CT molecular complexity index is 393. The Hall–Kier alpha value is -1.02. The van der Waals surface area contributed by atoms with Crippen molar-refractivity contribution >= 4 is 17.5 Å². The van der Waals surface area contributed by atoms with Gasteiger partial charge in [-0.2, -0.15) is 0 Å². The summed E-state index contributed by atoms with van der Waals surface area (Å²) < 4.78 is 0. The molecule has 0 amide bonds. The van der Waals surface area contributed by atoms with Gasteiger partial charge in [0.05, 0.1) is 0 Å². The fourth-order valence-electron chi connectivity index (χ4n) is 1.77. The predicted octanol–water partition coefficient (Wildman–Crippen LogP) is 3.06. The predicted molar refractivity (Wildman–Crippen MR) is 60.7 cm³/mol. The number of benzene rings is 1. The van der Waals surface area contributed by atoms with Crippen molar-refractivity contribution < 1.29 is 4.79 Å². The van der Waals surface area contributed by atoms with Crippen molar-refractivity contribution in [3.63, 3.8) is 0 Å². The molecule has 0 spiro atoms. The van der Waals surface area contributed by atoms with Crippen molar-refractivity contribution in [2.75, 3.05) is 6.26 Å². The molecular formula is C12H12OS. The molecule has 1 nitrogen and oxygen atoms in total. The summed E-state index contributed by atoms with van der Waals surface area (Å²) in [7, 11) is 0. The number of hydrogen-bond donors (Lipinski definition) is 0. The third-order valence-corrected chi connectivity index (χ3v) is 3.00. The summed E-state index contributed by atoms with van der Waals surface area (Å²) in [6.07, 6.45) is 3.87. The van der Waals surface area contributed by atoms with Crippen LogP contribution in [0.25, 0.3) is 0 Å². The third-order valence-electron chi connectivity index (χ3n) is 2.48. The molecule has 0 fully saturated rings. The zero-order valence-corrected chi connectivity index (χ0v) is 8.93. The van der Waals surface area contributed by atoms with Gasteiger partial charge in [-0.05, 0) is 30.1 Å². The van der Waals surface area contributed by atoms with E-state index >= 15 is 0 Å². The van der Waals surface area contributed by atoms with Crippen LogP contribution in [0.15, 0.2) is 35.2 Å². The average molecular weight is 204 g/mol. The van der Waals surface area contributed by atoms with Gasteiger partial charge in [-0.15, -0.1) is 11.8 Å². The summed E-state index contributed by atoms with van der Waals surface area (Å²) >= 11 is 1.60. The molecule has 1 aliphatic rings. The van der Waals surface area contributed by atoms with Crippen LogP contribution in [0, 0.1) is 0 Å². The van der Waals surface area contributed by atoms with Crippen LogP contribution in [-0.2, 0) is 6.42 Å². The van der Waals surface area contributed by atoms with Gasteiger partial charge in [0.25, 0.3) is 0 Å². The van der Waals surface area contributed by atoms with E-state index in [9.17, 15) is 4.79 Å². The van der Waals surface area contributed by atoms with Gasteiger partial charge in [0.2, 0.25) is 0 Å². The van der Waals surface area contributed by atoms with Crippen LogP contribution in [0.3, 0.4) is 0 Å². The maximum atomic E-state index is 11.9. The molecule has 0 saturated carbocycles. The highest BCUT2D eigenvalue weighted by atomic mass is 32.2. The minimum absolute atomic E-state index is 0.209. The van der Waals surface area contributed by atoms with E-state index < -0.39 is 0 Å². The lowest BCUT2D eigenvalue weighted by Crippen LogP contribution is -2.13. The monoisotopic (exact) mass is 204 g/mol. The first-order valence-corrected chi connectivity index (χ1v) is 5.96. The summed E-state index contributed by atoms with van der Waals surface area (Å²) in [4.78, 5) is 11.9. The van der Waals surface area contributed by atoms with Crippen molar-refractivity contribution in [3.05, 3.63) is 46.4 Å². The standard InChI is InChI=1S/C12H12OS/c1-14-8-10-7-6-9-4-2-3-5-11(9)12(10)13/h2-5,8H,6-7H2,1H3/b10-8+. The number of fused-ring (bicyclic) bond motifs is 1. The first kappa shape index (κ1) is 9.53. The number of rotatable bonds is 1. The van der Waals surface area contributed by atoms with E-state index in [1.807, 2.05) is 35.9 Å². The Morgan fingerprint density at radius 2 is 2.07 bits per heavy atom. The zero-order chi connectivity index (χ0) is 9.97. The summed E-state index contributed by atoms with van der Waals surface area (Å²) in [6.45, 7) is 0. The van der Waals surface area contributed by atoms with Crippen molar-refractivity contribution in [1.82, 2.24) is 0 Å². The Balaban J connectivity index is 2.41. The summed E-state index contributed by atoms with van der Waals surface area (Å²) in [5, 5.41) is 1.97. The maximum absolute atomic E-state index is 11.9. The molecule has 14 heavy (non-hydrogen) atoms. The van der Waals surface area contributed by atoms with Gasteiger partial charge >= 0.3 is 0 Å². The largest absolute Gasteiger partial charge is 0.289 e. The minimum atomic E-state index is 0.209. The van der Waals surface area contributed by atoms with Crippen LogP contribution in [0.4, 0.5) is 0 Å². The number of allylic oxidation sites excluding steroid dienone is 1. The molecule has 0 heterocycles. The Morgan fingerprint density at radius 1 is 1.29 bits per heavy atom. The van der Waals surface area contributed by atoms with E-state index in [0.717, 1.165) is 24.0 Å². The van der Waals surface area contributed by atoms with Crippen molar-refractivity contribution in [2.24, 2.45) is 0 Å². The molecule has 0 radical (unpaired) electrons. The number of carbonyl (C=O) groups is 1. The SMILES string of the molecule is CS/C=C1\CCc2ccccc2C1=O. The third kappa shape index (κ3) is 1.62. The lowest BCUT2D eigenvalue weighted by Gasteiger charge is -2.16. The topological polar surface area (TPSA) is 17.1 Å². The fraction of sp³-hybridized carbons (Fsp3) is 0.250. The molecule has 0 unspecified atom stereocenters. The summed E-state index contributed by atoms with van der Waals surface area (Å²) in [5.41, 5.74) is 3.03. The molecule has 1 aliphatic carbocycles. The van der Waals surface area contributed by atoms with Crippen molar-refractivity contribution in [2.45, 2.75) is 12.8 Å². The van der Waals surface area contributed by atoms with Crippen LogP contribution in [-0.4, -0.2) is 12.0 Å². The molecule has 0 N–H and O–H groups in total. The highest BCUT2D eigenvalue weighted by Crippen LogP contribution is 2.25. The molecule has 0 aromatic heterocycles. The normalized spacial score (nSPS) is 18.4. The van der Waals surface area contributed by atoms with Gasteiger partial charge in [0.1, 0.15) is 0 Å². The fourth-order valence-corrected chi connectivity index (χ4v) is 2.28. The maximum Gasteiger partial charge on any atom is 0.189 e. The second-order valence-corrected chi connectivity index (χ2v) is 4.07. The number of carbonyl (C=O) groups excluding carboxylic acids is 1. The van der Waals surface area contributed by atoms with Gasteiger partial charge < -0.3 is 0 Å². The van der Waals surface area contributed by atoms with Gasteiger partial charge in [0, 0.05) is 11.1 Å². The average Bonchev–Trinajstić information content (AvgIpc) is 2.23. The van der Waals surface area contributed by atoms with Gasteiger partial charge in [0.15, 0.2) is 5.78 Å². The Labute approximate surface area is 88.2 Å². The summed E-state index contributed by atoms with van der Waals surface area (Å²) in [6, 6.07) is 7.89. The molecule has 2 rings (SSSR count). The van der Waals surface area contributed by atoms with Crippen LogP contribution in [0.5, 0.6) is 0 Å². The van der Waals surface area contributed by atoms with Crippen LogP contribution in [0.2, 0.25) is 0 Å². The molecule has 0 aliphatic heterocycles. The second kappa shape index (κ2) is 4.01. The van der Waals surface area contributed by atoms with Gasteiger partial charge in [-0.3, -0.25) is 4.79 Å². The molecule has 0 atom stereocenters. The van der Waals surface area contributed by atoms with E-state index in [1.165, 1.54) is 5.56 Å². The first-order chi connectivity index (χ1) is 6.83. The Kier molecular flexibility index (Phi) is 2.73. The lowest BCUT2D eigenvalue weighted by molar-refractivity contribution is 0.102. The molecular weight excluding hydrogens is 192 g/mol. The molecule has 72 valence electrons. The second-order valence-electron chi connectivity index (χ2n) is 3.37. The van der Waals surface area contributed by atoms with E-state index in [2.05, 4.69) is 0 Å². The number of ketones is 1. The highest BCUT2D eigenvalue weighted by Gasteiger charge is 2.20. The van der Waals surface area contributed by atoms with Crippen molar-refractivity contribution in [3.8, 4) is 0 Å². The molecule has 0 saturated heterocycles. The quantitative estimate of drug-likeness (QED) is 0.654.